The van der Waals surface area contributed by atoms with E-state index in [-0.39, 0.29) is 12.1 Å². The largest absolute Gasteiger partial charge is 0.466 e. The van der Waals surface area contributed by atoms with Gasteiger partial charge in [-0.2, -0.15) is 0 Å². The summed E-state index contributed by atoms with van der Waals surface area (Å²) in [6, 6.07) is 0. The summed E-state index contributed by atoms with van der Waals surface area (Å²) in [5.41, 5.74) is 0.680. The molecule has 0 spiro atoms. The molecule has 0 aliphatic rings. The molecule has 0 saturated heterocycles. The molecule has 94 valence electrons. The average Bonchev–Trinajstić information content (AvgIpc) is 2.22. The van der Waals surface area contributed by atoms with Crippen molar-refractivity contribution in [1.29, 1.82) is 0 Å². The number of carbonyl (C=O) groups excluding carboxylic acids is 1. The van der Waals surface area contributed by atoms with Gasteiger partial charge in [-0.1, -0.05) is 20.8 Å². The Hall–Kier alpha value is -0.830. The minimum Gasteiger partial charge on any atom is -0.466 e. The van der Waals surface area contributed by atoms with Crippen LogP contribution in [-0.4, -0.2) is 25.8 Å². The van der Waals surface area contributed by atoms with Crippen molar-refractivity contribution in [2.24, 2.45) is 5.92 Å². The van der Waals surface area contributed by atoms with Crippen LogP contribution in [0, 0.1) is 5.92 Å². The molecule has 0 saturated carbocycles. The van der Waals surface area contributed by atoms with E-state index < -0.39 is 0 Å². The Labute approximate surface area is 98.8 Å². The van der Waals surface area contributed by atoms with Crippen LogP contribution in [0.1, 0.15) is 40.5 Å². The van der Waals surface area contributed by atoms with E-state index in [1.807, 2.05) is 13.0 Å². The highest BCUT2D eigenvalue weighted by molar-refractivity contribution is 5.88. The van der Waals surface area contributed by atoms with Crippen molar-refractivity contribution < 1.29 is 14.3 Å². The zero-order valence-corrected chi connectivity index (χ0v) is 11.1. The van der Waals surface area contributed by atoms with Gasteiger partial charge in [-0.3, -0.25) is 0 Å². The minimum atomic E-state index is -0.261. The number of methoxy groups -OCH3 is 1. The average molecular weight is 228 g/mol. The SMILES string of the molecule is CCC(=CCOC(C)CC(C)C)C(=O)OC. The first-order chi connectivity index (χ1) is 7.51. The van der Waals surface area contributed by atoms with Gasteiger partial charge in [-0.15, -0.1) is 0 Å². The molecule has 0 N–H and O–H groups in total. The molecule has 0 aromatic carbocycles. The molecular weight excluding hydrogens is 204 g/mol. The van der Waals surface area contributed by atoms with Crippen LogP contribution in [0.5, 0.6) is 0 Å². The van der Waals surface area contributed by atoms with Crippen LogP contribution < -0.4 is 0 Å². The molecule has 3 nitrogen and oxygen atoms in total. The van der Waals surface area contributed by atoms with Crippen molar-refractivity contribution in [3.05, 3.63) is 11.6 Å². The Morgan fingerprint density at radius 2 is 1.94 bits per heavy atom. The molecule has 0 aromatic heterocycles. The second kappa shape index (κ2) is 8.34. The van der Waals surface area contributed by atoms with E-state index in [0.29, 0.717) is 24.5 Å². The quantitative estimate of drug-likeness (QED) is 0.496. The topological polar surface area (TPSA) is 35.5 Å². The van der Waals surface area contributed by atoms with Crippen molar-refractivity contribution in [2.45, 2.75) is 46.6 Å². The van der Waals surface area contributed by atoms with Crippen LogP contribution >= 0.6 is 0 Å². The highest BCUT2D eigenvalue weighted by Crippen LogP contribution is 2.08. The molecule has 0 aliphatic carbocycles. The van der Waals surface area contributed by atoms with Crippen molar-refractivity contribution in [2.75, 3.05) is 13.7 Å². The second-order valence-corrected chi connectivity index (χ2v) is 4.35. The van der Waals surface area contributed by atoms with Gasteiger partial charge in [0.15, 0.2) is 0 Å². The van der Waals surface area contributed by atoms with Crippen molar-refractivity contribution >= 4 is 5.97 Å². The summed E-state index contributed by atoms with van der Waals surface area (Å²) in [5.74, 6) is 0.368. The summed E-state index contributed by atoms with van der Waals surface area (Å²) in [4.78, 5) is 11.3. The fourth-order valence-corrected chi connectivity index (χ4v) is 1.55. The van der Waals surface area contributed by atoms with E-state index in [2.05, 4.69) is 25.5 Å². The van der Waals surface area contributed by atoms with Gasteiger partial charge in [0.2, 0.25) is 0 Å². The Morgan fingerprint density at radius 3 is 2.38 bits per heavy atom. The third-order valence-corrected chi connectivity index (χ3v) is 2.34. The zero-order valence-electron chi connectivity index (χ0n) is 11.1. The van der Waals surface area contributed by atoms with Gasteiger partial charge in [0.05, 0.1) is 19.8 Å². The second-order valence-electron chi connectivity index (χ2n) is 4.35. The van der Waals surface area contributed by atoms with Crippen LogP contribution in [0.2, 0.25) is 0 Å². The maximum Gasteiger partial charge on any atom is 0.333 e. The third-order valence-electron chi connectivity index (χ3n) is 2.34. The number of rotatable bonds is 7. The van der Waals surface area contributed by atoms with E-state index in [1.54, 1.807) is 0 Å². The predicted molar refractivity (Wildman–Crippen MR) is 65.3 cm³/mol. The van der Waals surface area contributed by atoms with Gasteiger partial charge in [-0.05, 0) is 31.8 Å². The Balaban J connectivity index is 4.00. The smallest absolute Gasteiger partial charge is 0.333 e. The number of hydrogen-bond donors (Lipinski definition) is 0. The van der Waals surface area contributed by atoms with Crippen LogP contribution in [0.4, 0.5) is 0 Å². The summed E-state index contributed by atoms with van der Waals surface area (Å²) in [6.07, 6.45) is 3.75. The zero-order chi connectivity index (χ0) is 12.6. The Bertz CT molecular complexity index is 231. The Kier molecular flexibility index (Phi) is 7.90. The van der Waals surface area contributed by atoms with Gasteiger partial charge in [0, 0.05) is 5.57 Å². The molecule has 0 heterocycles. The lowest BCUT2D eigenvalue weighted by atomic mass is 10.1. The molecular formula is C13H24O3. The number of hydrogen-bond acceptors (Lipinski definition) is 3. The van der Waals surface area contributed by atoms with Gasteiger partial charge in [0.1, 0.15) is 0 Å². The van der Waals surface area contributed by atoms with E-state index in [4.69, 9.17) is 4.74 Å². The summed E-state index contributed by atoms with van der Waals surface area (Å²) in [7, 11) is 1.40. The standard InChI is InChI=1S/C13H24O3/c1-6-12(13(14)15-5)7-8-16-11(4)9-10(2)3/h7,10-11H,6,8-9H2,1-5H3. The minimum absolute atomic E-state index is 0.229. The highest BCUT2D eigenvalue weighted by atomic mass is 16.5. The molecule has 1 atom stereocenters. The number of ether oxygens (including phenoxy) is 2. The first kappa shape index (κ1) is 15.2. The van der Waals surface area contributed by atoms with Crippen LogP contribution in [0.3, 0.4) is 0 Å². The summed E-state index contributed by atoms with van der Waals surface area (Å²) >= 11 is 0. The van der Waals surface area contributed by atoms with Gasteiger partial charge < -0.3 is 9.47 Å². The maximum atomic E-state index is 11.3. The number of esters is 1. The van der Waals surface area contributed by atoms with Crippen LogP contribution in [0.25, 0.3) is 0 Å². The molecule has 0 fully saturated rings. The monoisotopic (exact) mass is 228 g/mol. The maximum absolute atomic E-state index is 11.3. The molecule has 0 aliphatic heterocycles. The van der Waals surface area contributed by atoms with E-state index in [1.165, 1.54) is 7.11 Å². The molecule has 0 amide bonds. The first-order valence-corrected chi connectivity index (χ1v) is 5.90. The summed E-state index contributed by atoms with van der Waals surface area (Å²) < 4.78 is 10.3. The lowest BCUT2D eigenvalue weighted by molar-refractivity contribution is -0.136. The number of carbonyl (C=O) groups is 1. The van der Waals surface area contributed by atoms with Crippen molar-refractivity contribution in [3.63, 3.8) is 0 Å². The third kappa shape index (κ3) is 6.62. The lowest BCUT2D eigenvalue weighted by Gasteiger charge is -2.14. The van der Waals surface area contributed by atoms with Crippen molar-refractivity contribution in [3.8, 4) is 0 Å². The molecule has 0 aromatic rings. The molecule has 0 rings (SSSR count). The predicted octanol–water partition coefficient (Wildman–Crippen LogP) is 2.95. The molecule has 0 radical (unpaired) electrons. The van der Waals surface area contributed by atoms with Gasteiger partial charge in [0.25, 0.3) is 0 Å². The molecule has 16 heavy (non-hydrogen) atoms. The van der Waals surface area contributed by atoms with Crippen LogP contribution in [0.15, 0.2) is 11.6 Å². The first-order valence-electron chi connectivity index (χ1n) is 5.90. The lowest BCUT2D eigenvalue weighted by Crippen LogP contribution is -2.12. The normalized spacial score (nSPS) is 14.0. The molecule has 0 bridgehead atoms. The summed E-state index contributed by atoms with van der Waals surface area (Å²) in [6.45, 7) is 8.80. The fraction of sp³-hybridized carbons (Fsp3) is 0.769. The summed E-state index contributed by atoms with van der Waals surface area (Å²) in [5, 5.41) is 0. The molecule has 3 heteroatoms. The fourth-order valence-electron chi connectivity index (χ4n) is 1.55. The van der Waals surface area contributed by atoms with Crippen LogP contribution in [-0.2, 0) is 14.3 Å². The van der Waals surface area contributed by atoms with Gasteiger partial charge >= 0.3 is 5.97 Å². The molecule has 1 unspecified atom stereocenters. The van der Waals surface area contributed by atoms with Crippen molar-refractivity contribution in [1.82, 2.24) is 0 Å². The van der Waals surface area contributed by atoms with E-state index in [0.717, 1.165) is 6.42 Å². The highest BCUT2D eigenvalue weighted by Gasteiger charge is 2.07. The Morgan fingerprint density at radius 1 is 1.31 bits per heavy atom. The van der Waals surface area contributed by atoms with E-state index >= 15 is 0 Å². The van der Waals surface area contributed by atoms with Gasteiger partial charge in [-0.25, -0.2) is 4.79 Å². The van der Waals surface area contributed by atoms with E-state index in [9.17, 15) is 4.79 Å².